The highest BCUT2D eigenvalue weighted by Gasteiger charge is 2.37. The Morgan fingerprint density at radius 2 is 1.57 bits per heavy atom. The molecule has 1 aromatic carbocycles. The maximum atomic E-state index is 10.8. The number of aliphatic hydroxyl groups excluding tert-OH is 1. The summed E-state index contributed by atoms with van der Waals surface area (Å²) in [6.45, 7) is 1.27. The molecule has 0 aromatic heterocycles. The Kier molecular flexibility index (Phi) is 4.36. The normalized spacial score (nSPS) is 23.0. The summed E-state index contributed by atoms with van der Waals surface area (Å²) in [6, 6.07) is 5.48. The van der Waals surface area contributed by atoms with Gasteiger partial charge in [0, 0.05) is 6.42 Å². The molecular formula is C17H24O4. The molecule has 1 unspecified atom stereocenters. The van der Waals surface area contributed by atoms with Crippen LogP contribution in [0.4, 0.5) is 0 Å². The van der Waals surface area contributed by atoms with Gasteiger partial charge in [-0.15, -0.1) is 0 Å². The van der Waals surface area contributed by atoms with Crippen LogP contribution in [-0.2, 0) is 0 Å². The van der Waals surface area contributed by atoms with Gasteiger partial charge in [-0.1, -0.05) is 31.7 Å². The van der Waals surface area contributed by atoms with Crippen molar-refractivity contribution in [3.63, 3.8) is 0 Å². The molecule has 1 atom stereocenters. The predicted molar refractivity (Wildman–Crippen MR) is 79.7 cm³/mol. The molecule has 0 bridgehead atoms. The topological polar surface area (TPSA) is 58.9 Å². The third-order valence-electron chi connectivity index (χ3n) is 4.57. The summed E-state index contributed by atoms with van der Waals surface area (Å²) in [4.78, 5) is 0. The Balaban J connectivity index is 1.83. The first-order valence-electron chi connectivity index (χ1n) is 7.99. The molecule has 0 radical (unpaired) electrons. The molecule has 1 heterocycles. The molecule has 2 aliphatic rings. The van der Waals surface area contributed by atoms with Crippen LogP contribution < -0.4 is 9.47 Å². The predicted octanol–water partition coefficient (Wildman–Crippen LogP) is 2.97. The third kappa shape index (κ3) is 3.16. The van der Waals surface area contributed by atoms with Crippen molar-refractivity contribution in [1.82, 2.24) is 0 Å². The first-order chi connectivity index (χ1) is 10.2. The van der Waals surface area contributed by atoms with E-state index in [1.165, 1.54) is 0 Å². The molecule has 0 amide bonds. The standard InChI is InChI=1S/C17H24O4/c18-16(17(19)8-3-1-2-4-9-17)13-6-7-14-15(12-13)21-11-5-10-20-14/h6-7,12,16,18-19H,1-5,8-11H2. The Labute approximate surface area is 125 Å². The fourth-order valence-corrected chi connectivity index (χ4v) is 3.27. The molecule has 1 aromatic rings. The summed E-state index contributed by atoms with van der Waals surface area (Å²) >= 11 is 0. The van der Waals surface area contributed by atoms with E-state index in [0.717, 1.165) is 37.9 Å². The van der Waals surface area contributed by atoms with E-state index < -0.39 is 11.7 Å². The third-order valence-corrected chi connectivity index (χ3v) is 4.57. The van der Waals surface area contributed by atoms with Gasteiger partial charge in [0.15, 0.2) is 11.5 Å². The largest absolute Gasteiger partial charge is 0.490 e. The molecule has 2 N–H and O–H groups in total. The summed E-state index contributed by atoms with van der Waals surface area (Å²) in [5.74, 6) is 1.39. The smallest absolute Gasteiger partial charge is 0.161 e. The minimum Gasteiger partial charge on any atom is -0.490 e. The van der Waals surface area contributed by atoms with Crippen molar-refractivity contribution in [1.29, 1.82) is 0 Å². The Morgan fingerprint density at radius 1 is 0.905 bits per heavy atom. The summed E-state index contributed by atoms with van der Waals surface area (Å²) in [6.07, 6.45) is 5.51. The van der Waals surface area contributed by atoms with Gasteiger partial charge in [0.25, 0.3) is 0 Å². The average molecular weight is 292 g/mol. The lowest BCUT2D eigenvalue weighted by Crippen LogP contribution is -2.35. The fraction of sp³-hybridized carbons (Fsp3) is 0.647. The SMILES string of the molecule is OC(c1ccc2c(c1)OCCCO2)C1(O)CCCCCC1. The van der Waals surface area contributed by atoms with Crippen LogP contribution in [0.25, 0.3) is 0 Å². The monoisotopic (exact) mass is 292 g/mol. The summed E-state index contributed by atoms with van der Waals surface area (Å²) in [7, 11) is 0. The minimum atomic E-state index is -1.02. The van der Waals surface area contributed by atoms with E-state index in [2.05, 4.69) is 0 Å². The number of ether oxygens (including phenoxy) is 2. The fourth-order valence-electron chi connectivity index (χ4n) is 3.27. The average Bonchev–Trinajstić information content (AvgIpc) is 2.86. The first-order valence-corrected chi connectivity index (χ1v) is 7.99. The molecule has 116 valence electrons. The second kappa shape index (κ2) is 6.24. The molecule has 1 fully saturated rings. The molecule has 0 saturated heterocycles. The quantitative estimate of drug-likeness (QED) is 0.823. The van der Waals surface area contributed by atoms with Gasteiger partial charge >= 0.3 is 0 Å². The summed E-state index contributed by atoms with van der Waals surface area (Å²) in [5.41, 5.74) is -0.306. The van der Waals surface area contributed by atoms with Crippen LogP contribution >= 0.6 is 0 Å². The van der Waals surface area contributed by atoms with Crippen LogP contribution in [0.2, 0.25) is 0 Å². The molecule has 21 heavy (non-hydrogen) atoms. The molecule has 1 aliphatic carbocycles. The van der Waals surface area contributed by atoms with Crippen molar-refractivity contribution in [3.05, 3.63) is 23.8 Å². The number of fused-ring (bicyclic) bond motifs is 1. The van der Waals surface area contributed by atoms with Gasteiger partial charge in [-0.25, -0.2) is 0 Å². The second-order valence-electron chi connectivity index (χ2n) is 6.18. The van der Waals surface area contributed by atoms with Gasteiger partial charge in [0.05, 0.1) is 18.8 Å². The van der Waals surface area contributed by atoms with Gasteiger partial charge in [0.1, 0.15) is 6.10 Å². The maximum absolute atomic E-state index is 10.8. The van der Waals surface area contributed by atoms with Crippen molar-refractivity contribution in [2.45, 2.75) is 56.7 Å². The van der Waals surface area contributed by atoms with Crippen molar-refractivity contribution in [3.8, 4) is 11.5 Å². The van der Waals surface area contributed by atoms with E-state index in [0.29, 0.717) is 37.4 Å². The number of aliphatic hydroxyl groups is 2. The lowest BCUT2D eigenvalue weighted by Gasteiger charge is -2.32. The van der Waals surface area contributed by atoms with E-state index in [-0.39, 0.29) is 0 Å². The van der Waals surface area contributed by atoms with Crippen molar-refractivity contribution >= 4 is 0 Å². The lowest BCUT2D eigenvalue weighted by molar-refractivity contribution is -0.0868. The zero-order chi connectivity index (χ0) is 14.7. The molecule has 1 aliphatic heterocycles. The van der Waals surface area contributed by atoms with Crippen LogP contribution in [-0.4, -0.2) is 29.0 Å². The Hall–Kier alpha value is -1.26. The number of rotatable bonds is 2. The van der Waals surface area contributed by atoms with E-state index in [1.54, 1.807) is 0 Å². The van der Waals surface area contributed by atoms with E-state index in [9.17, 15) is 10.2 Å². The van der Waals surface area contributed by atoms with Gasteiger partial charge in [-0.3, -0.25) is 0 Å². The molecule has 3 rings (SSSR count). The molecular weight excluding hydrogens is 268 g/mol. The zero-order valence-electron chi connectivity index (χ0n) is 12.4. The van der Waals surface area contributed by atoms with Crippen LogP contribution in [0.3, 0.4) is 0 Å². The van der Waals surface area contributed by atoms with Gasteiger partial charge in [0.2, 0.25) is 0 Å². The van der Waals surface area contributed by atoms with Crippen LogP contribution in [0.5, 0.6) is 11.5 Å². The van der Waals surface area contributed by atoms with Gasteiger partial charge in [-0.2, -0.15) is 0 Å². The summed E-state index contributed by atoms with van der Waals surface area (Å²) < 4.78 is 11.3. The Bertz CT molecular complexity index is 478. The maximum Gasteiger partial charge on any atom is 0.161 e. The highest BCUT2D eigenvalue weighted by atomic mass is 16.5. The van der Waals surface area contributed by atoms with E-state index in [4.69, 9.17) is 9.47 Å². The molecule has 1 saturated carbocycles. The van der Waals surface area contributed by atoms with Crippen LogP contribution in [0, 0.1) is 0 Å². The number of benzene rings is 1. The van der Waals surface area contributed by atoms with Crippen molar-refractivity contribution < 1.29 is 19.7 Å². The van der Waals surface area contributed by atoms with E-state index >= 15 is 0 Å². The summed E-state index contributed by atoms with van der Waals surface area (Å²) in [5, 5.41) is 21.5. The van der Waals surface area contributed by atoms with Gasteiger partial charge < -0.3 is 19.7 Å². The Morgan fingerprint density at radius 3 is 2.29 bits per heavy atom. The highest BCUT2D eigenvalue weighted by Crippen LogP contribution is 2.40. The van der Waals surface area contributed by atoms with E-state index in [1.807, 2.05) is 18.2 Å². The van der Waals surface area contributed by atoms with Crippen LogP contribution in [0.1, 0.15) is 56.6 Å². The molecule has 0 spiro atoms. The zero-order valence-corrected chi connectivity index (χ0v) is 12.4. The lowest BCUT2D eigenvalue weighted by atomic mass is 9.84. The highest BCUT2D eigenvalue weighted by molar-refractivity contribution is 5.44. The molecule has 4 heteroatoms. The minimum absolute atomic E-state index is 0.622. The number of hydrogen-bond donors (Lipinski definition) is 2. The van der Waals surface area contributed by atoms with Crippen molar-refractivity contribution in [2.75, 3.05) is 13.2 Å². The van der Waals surface area contributed by atoms with Crippen LogP contribution in [0.15, 0.2) is 18.2 Å². The van der Waals surface area contributed by atoms with Gasteiger partial charge in [-0.05, 0) is 30.5 Å². The molecule has 4 nitrogen and oxygen atoms in total. The second-order valence-corrected chi connectivity index (χ2v) is 6.18. The first kappa shape index (κ1) is 14.7. The number of hydrogen-bond acceptors (Lipinski definition) is 4. The van der Waals surface area contributed by atoms with Crippen molar-refractivity contribution in [2.24, 2.45) is 0 Å².